The highest BCUT2D eigenvalue weighted by Gasteiger charge is 2.41. The van der Waals surface area contributed by atoms with Crippen molar-refractivity contribution in [1.82, 2.24) is 14.7 Å². The van der Waals surface area contributed by atoms with E-state index in [2.05, 4.69) is 21.0 Å². The van der Waals surface area contributed by atoms with Crippen LogP contribution in [-0.2, 0) is 16.5 Å². The minimum Gasteiger partial charge on any atom is -0.347 e. The maximum atomic E-state index is 12.5. The predicted octanol–water partition coefficient (Wildman–Crippen LogP) is 1.47. The van der Waals surface area contributed by atoms with Gasteiger partial charge in [0.05, 0.1) is 23.4 Å². The lowest BCUT2D eigenvalue weighted by Gasteiger charge is -2.37. The molecule has 2 fully saturated rings. The molecule has 1 spiro atoms. The van der Waals surface area contributed by atoms with E-state index in [-0.39, 0.29) is 5.91 Å². The molecule has 110 valence electrons. The summed E-state index contributed by atoms with van der Waals surface area (Å²) in [5.41, 5.74) is 1.43. The molecule has 3 rings (SSSR count). The molecule has 7 heteroatoms. The van der Waals surface area contributed by atoms with Gasteiger partial charge in [0, 0.05) is 33.0 Å². The van der Waals surface area contributed by atoms with E-state index in [0.717, 1.165) is 23.0 Å². The van der Waals surface area contributed by atoms with Gasteiger partial charge in [-0.2, -0.15) is 5.10 Å². The number of hydrogen-bond donors (Lipinski definition) is 0. The zero-order valence-corrected chi connectivity index (χ0v) is 13.3. The molecular formula is C13H18BrN3O3. The number of carbonyl (C=O) groups excluding carboxylic acids is 1. The van der Waals surface area contributed by atoms with E-state index in [1.165, 1.54) is 0 Å². The van der Waals surface area contributed by atoms with Crippen LogP contribution in [0.1, 0.15) is 29.0 Å². The van der Waals surface area contributed by atoms with Gasteiger partial charge < -0.3 is 14.4 Å². The Labute approximate surface area is 126 Å². The molecule has 0 radical (unpaired) electrons. The standard InChI is InChI=1S/C13H18BrN3O3/c1-9-10(14)11(15-16(9)2)12(18)17-5-3-13(4-6-17)19-7-8-20-13/h3-8H2,1-2H3. The topological polar surface area (TPSA) is 56.6 Å². The maximum absolute atomic E-state index is 12.5. The average Bonchev–Trinajstić information content (AvgIpc) is 3.00. The molecule has 20 heavy (non-hydrogen) atoms. The van der Waals surface area contributed by atoms with Crippen molar-refractivity contribution in [3.05, 3.63) is 15.9 Å². The highest BCUT2D eigenvalue weighted by Crippen LogP contribution is 2.32. The number of hydrogen-bond acceptors (Lipinski definition) is 4. The zero-order chi connectivity index (χ0) is 14.3. The van der Waals surface area contributed by atoms with Gasteiger partial charge in [-0.25, -0.2) is 0 Å². The van der Waals surface area contributed by atoms with Crippen LogP contribution in [0.15, 0.2) is 4.47 Å². The van der Waals surface area contributed by atoms with Crippen molar-refractivity contribution in [2.75, 3.05) is 26.3 Å². The van der Waals surface area contributed by atoms with Crippen LogP contribution >= 0.6 is 15.9 Å². The van der Waals surface area contributed by atoms with Crippen molar-refractivity contribution >= 4 is 21.8 Å². The Morgan fingerprint density at radius 1 is 1.30 bits per heavy atom. The largest absolute Gasteiger partial charge is 0.347 e. The quantitative estimate of drug-likeness (QED) is 0.774. The Balaban J connectivity index is 1.71. The van der Waals surface area contributed by atoms with E-state index in [1.807, 2.05) is 18.9 Å². The minimum atomic E-state index is -0.450. The smallest absolute Gasteiger partial charge is 0.275 e. The summed E-state index contributed by atoms with van der Waals surface area (Å²) in [6.45, 7) is 4.51. The third-order valence-electron chi connectivity index (χ3n) is 4.09. The second kappa shape index (κ2) is 5.13. The molecule has 1 aromatic heterocycles. The van der Waals surface area contributed by atoms with E-state index in [9.17, 15) is 4.79 Å². The lowest BCUT2D eigenvalue weighted by molar-refractivity contribution is -0.181. The number of piperidine rings is 1. The summed E-state index contributed by atoms with van der Waals surface area (Å²) in [4.78, 5) is 14.4. The van der Waals surface area contributed by atoms with Gasteiger partial charge in [0.25, 0.3) is 5.91 Å². The lowest BCUT2D eigenvalue weighted by Crippen LogP contribution is -2.47. The normalized spacial score (nSPS) is 21.6. The Bertz CT molecular complexity index is 527. The first kappa shape index (κ1) is 14.0. The number of carbonyl (C=O) groups is 1. The average molecular weight is 344 g/mol. The molecule has 2 saturated heterocycles. The number of aryl methyl sites for hydroxylation is 1. The van der Waals surface area contributed by atoms with Crippen LogP contribution in [0.5, 0.6) is 0 Å². The Morgan fingerprint density at radius 3 is 2.40 bits per heavy atom. The molecule has 0 unspecified atom stereocenters. The summed E-state index contributed by atoms with van der Waals surface area (Å²) in [6.07, 6.45) is 1.45. The van der Waals surface area contributed by atoms with Gasteiger partial charge in [-0.3, -0.25) is 9.48 Å². The first-order chi connectivity index (χ1) is 9.52. The van der Waals surface area contributed by atoms with Crippen LogP contribution in [0.3, 0.4) is 0 Å². The van der Waals surface area contributed by atoms with E-state index in [4.69, 9.17) is 9.47 Å². The van der Waals surface area contributed by atoms with Gasteiger partial charge in [0.2, 0.25) is 0 Å². The van der Waals surface area contributed by atoms with Crippen LogP contribution < -0.4 is 0 Å². The first-order valence-corrected chi connectivity index (χ1v) is 7.58. The molecule has 1 aromatic rings. The van der Waals surface area contributed by atoms with Gasteiger partial charge in [-0.1, -0.05) is 0 Å². The summed E-state index contributed by atoms with van der Waals surface area (Å²) >= 11 is 3.45. The first-order valence-electron chi connectivity index (χ1n) is 6.79. The van der Waals surface area contributed by atoms with Crippen LogP contribution in [0.4, 0.5) is 0 Å². The number of ether oxygens (including phenoxy) is 2. The van der Waals surface area contributed by atoms with Gasteiger partial charge >= 0.3 is 0 Å². The van der Waals surface area contributed by atoms with Crippen molar-refractivity contribution in [2.45, 2.75) is 25.6 Å². The van der Waals surface area contributed by atoms with E-state index >= 15 is 0 Å². The molecule has 0 bridgehead atoms. The molecule has 6 nitrogen and oxygen atoms in total. The van der Waals surface area contributed by atoms with E-state index in [0.29, 0.717) is 32.0 Å². The van der Waals surface area contributed by atoms with Gasteiger partial charge in [-0.05, 0) is 22.9 Å². The fourth-order valence-electron chi connectivity index (χ4n) is 2.70. The number of amides is 1. The number of halogens is 1. The second-order valence-electron chi connectivity index (χ2n) is 5.27. The van der Waals surface area contributed by atoms with E-state index in [1.54, 1.807) is 4.68 Å². The predicted molar refractivity (Wildman–Crippen MR) is 75.4 cm³/mol. The summed E-state index contributed by atoms with van der Waals surface area (Å²) < 4.78 is 13.8. The van der Waals surface area contributed by atoms with Crippen molar-refractivity contribution in [3.8, 4) is 0 Å². The fraction of sp³-hybridized carbons (Fsp3) is 0.692. The van der Waals surface area contributed by atoms with Gasteiger partial charge in [-0.15, -0.1) is 0 Å². The molecule has 2 aliphatic rings. The summed E-state index contributed by atoms with van der Waals surface area (Å²) in [5.74, 6) is -0.484. The molecule has 0 N–H and O–H groups in total. The Hall–Kier alpha value is -0.920. The molecule has 0 atom stereocenters. The third kappa shape index (κ3) is 2.27. The lowest BCUT2D eigenvalue weighted by atomic mass is 10.0. The third-order valence-corrected chi connectivity index (χ3v) is 5.04. The zero-order valence-electron chi connectivity index (χ0n) is 11.7. The van der Waals surface area contributed by atoms with Crippen molar-refractivity contribution in [2.24, 2.45) is 7.05 Å². The molecule has 3 heterocycles. The maximum Gasteiger partial charge on any atom is 0.275 e. The number of nitrogens with zero attached hydrogens (tertiary/aromatic N) is 3. The molecule has 0 aliphatic carbocycles. The van der Waals surface area contributed by atoms with Crippen molar-refractivity contribution in [3.63, 3.8) is 0 Å². The molecule has 1 amide bonds. The summed E-state index contributed by atoms with van der Waals surface area (Å²) in [5, 5.41) is 4.29. The Kier molecular flexibility index (Phi) is 3.60. The van der Waals surface area contributed by atoms with Gasteiger partial charge in [0.15, 0.2) is 11.5 Å². The Morgan fingerprint density at radius 2 is 1.90 bits per heavy atom. The number of rotatable bonds is 1. The summed E-state index contributed by atoms with van der Waals surface area (Å²) in [6, 6.07) is 0. The second-order valence-corrected chi connectivity index (χ2v) is 6.06. The SMILES string of the molecule is Cc1c(Br)c(C(=O)N2CCC3(CC2)OCCO3)nn1C. The van der Waals surface area contributed by atoms with E-state index < -0.39 is 5.79 Å². The van der Waals surface area contributed by atoms with Crippen LogP contribution in [0, 0.1) is 6.92 Å². The molecule has 0 aromatic carbocycles. The van der Waals surface area contributed by atoms with Crippen LogP contribution in [-0.4, -0.2) is 52.7 Å². The molecule has 0 saturated carbocycles. The highest BCUT2D eigenvalue weighted by atomic mass is 79.9. The van der Waals surface area contributed by atoms with Gasteiger partial charge in [0.1, 0.15) is 0 Å². The van der Waals surface area contributed by atoms with Crippen LogP contribution in [0.25, 0.3) is 0 Å². The summed E-state index contributed by atoms with van der Waals surface area (Å²) in [7, 11) is 1.84. The van der Waals surface area contributed by atoms with Crippen molar-refractivity contribution < 1.29 is 14.3 Å². The highest BCUT2D eigenvalue weighted by molar-refractivity contribution is 9.10. The molecular weight excluding hydrogens is 326 g/mol. The monoisotopic (exact) mass is 343 g/mol. The fourth-order valence-corrected chi connectivity index (χ4v) is 3.21. The van der Waals surface area contributed by atoms with Crippen LogP contribution in [0.2, 0.25) is 0 Å². The minimum absolute atomic E-state index is 0.0339. The molecule has 2 aliphatic heterocycles. The number of likely N-dealkylation sites (tertiary alicyclic amines) is 1. The van der Waals surface area contributed by atoms with Crippen molar-refractivity contribution in [1.29, 1.82) is 0 Å². The number of aromatic nitrogens is 2.